The standard InChI is InChI=1S/C9H18N2O3S2/c1-6(16(3)14)4-10-9(13)8(5-15)11-7(2)12/h6,8,15H,4-5H2,1-3H3,(H,10,13)(H,11,12). The molecular weight excluding hydrogens is 248 g/mol. The van der Waals surface area contributed by atoms with E-state index in [1.54, 1.807) is 13.2 Å². The topological polar surface area (TPSA) is 75.3 Å². The average Bonchev–Trinajstić information content (AvgIpc) is 2.21. The van der Waals surface area contributed by atoms with Gasteiger partial charge < -0.3 is 10.6 Å². The second-order valence-electron chi connectivity index (χ2n) is 3.49. The maximum absolute atomic E-state index is 11.6. The first kappa shape index (κ1) is 15.4. The molecule has 0 saturated heterocycles. The summed E-state index contributed by atoms with van der Waals surface area (Å²) in [6.45, 7) is 3.45. The van der Waals surface area contributed by atoms with Crippen LogP contribution in [0.2, 0.25) is 0 Å². The Morgan fingerprint density at radius 2 is 2.00 bits per heavy atom. The first-order valence-electron chi connectivity index (χ1n) is 4.86. The van der Waals surface area contributed by atoms with E-state index in [2.05, 4.69) is 23.3 Å². The van der Waals surface area contributed by atoms with E-state index >= 15 is 0 Å². The number of rotatable bonds is 6. The molecule has 0 aliphatic carbocycles. The molecule has 0 bridgehead atoms. The van der Waals surface area contributed by atoms with Crippen molar-refractivity contribution in [1.82, 2.24) is 10.6 Å². The third kappa shape index (κ3) is 6.12. The molecule has 0 radical (unpaired) electrons. The Morgan fingerprint density at radius 3 is 2.38 bits per heavy atom. The predicted octanol–water partition coefficient (Wildman–Crippen LogP) is -0.696. The summed E-state index contributed by atoms with van der Waals surface area (Å²) in [6, 6.07) is -0.640. The summed E-state index contributed by atoms with van der Waals surface area (Å²) in [5.74, 6) is -0.349. The third-order valence-electron chi connectivity index (χ3n) is 2.01. The van der Waals surface area contributed by atoms with Gasteiger partial charge in [-0.25, -0.2) is 0 Å². The van der Waals surface area contributed by atoms with Gasteiger partial charge in [0.15, 0.2) is 0 Å². The minimum Gasteiger partial charge on any atom is -0.353 e. The third-order valence-corrected chi connectivity index (χ3v) is 3.67. The molecule has 0 aromatic heterocycles. The van der Waals surface area contributed by atoms with Crippen LogP contribution in [0.3, 0.4) is 0 Å². The van der Waals surface area contributed by atoms with Crippen molar-refractivity contribution in [3.63, 3.8) is 0 Å². The van der Waals surface area contributed by atoms with Gasteiger partial charge in [0.05, 0.1) is 0 Å². The predicted molar refractivity (Wildman–Crippen MR) is 68.0 cm³/mol. The summed E-state index contributed by atoms with van der Waals surface area (Å²) in [5, 5.41) is 4.99. The van der Waals surface area contributed by atoms with Gasteiger partial charge in [0.1, 0.15) is 6.04 Å². The summed E-state index contributed by atoms with van der Waals surface area (Å²) in [4.78, 5) is 22.4. The average molecular weight is 266 g/mol. The molecular formula is C9H18N2O3S2. The Balaban J connectivity index is 4.12. The van der Waals surface area contributed by atoms with Gasteiger partial charge in [-0.1, -0.05) is 0 Å². The second-order valence-corrected chi connectivity index (χ2v) is 5.66. The molecule has 2 amide bonds. The van der Waals surface area contributed by atoms with Gasteiger partial charge in [-0.3, -0.25) is 13.8 Å². The van der Waals surface area contributed by atoms with Crippen LogP contribution in [0.4, 0.5) is 0 Å². The minimum atomic E-state index is -0.974. The van der Waals surface area contributed by atoms with Crippen molar-refractivity contribution in [2.75, 3.05) is 18.6 Å². The van der Waals surface area contributed by atoms with E-state index < -0.39 is 16.8 Å². The fraction of sp³-hybridized carbons (Fsp3) is 0.778. The zero-order valence-electron chi connectivity index (χ0n) is 9.65. The maximum atomic E-state index is 11.6. The van der Waals surface area contributed by atoms with Crippen molar-refractivity contribution in [3.8, 4) is 0 Å². The first-order chi connectivity index (χ1) is 7.38. The molecule has 0 aliphatic heterocycles. The van der Waals surface area contributed by atoms with Crippen LogP contribution in [-0.2, 0) is 20.4 Å². The summed E-state index contributed by atoms with van der Waals surface area (Å²) in [6.07, 6.45) is 1.58. The Morgan fingerprint density at radius 1 is 1.44 bits per heavy atom. The Labute approximate surface area is 104 Å². The summed E-state index contributed by atoms with van der Waals surface area (Å²) in [5.41, 5.74) is 0. The molecule has 0 rings (SSSR count). The first-order valence-corrected chi connectivity index (χ1v) is 7.11. The van der Waals surface area contributed by atoms with Gasteiger partial charge in [0.2, 0.25) is 11.8 Å². The molecule has 2 N–H and O–H groups in total. The van der Waals surface area contributed by atoms with E-state index in [-0.39, 0.29) is 22.8 Å². The lowest BCUT2D eigenvalue weighted by Crippen LogP contribution is -2.48. The van der Waals surface area contributed by atoms with Gasteiger partial charge in [-0.15, -0.1) is 0 Å². The van der Waals surface area contributed by atoms with Gasteiger partial charge in [-0.05, 0) is 6.92 Å². The molecule has 5 nitrogen and oxygen atoms in total. The Hall–Kier alpha value is -0.560. The SMILES string of the molecule is CC(=O)NC(CS)C(=O)NCC(C)S(C)=O. The fourth-order valence-corrected chi connectivity index (χ4v) is 1.50. The lowest BCUT2D eigenvalue weighted by atomic mass is 10.3. The van der Waals surface area contributed by atoms with Crippen molar-refractivity contribution in [3.05, 3.63) is 0 Å². The van der Waals surface area contributed by atoms with E-state index in [4.69, 9.17) is 0 Å². The van der Waals surface area contributed by atoms with Gasteiger partial charge in [-0.2, -0.15) is 12.6 Å². The lowest BCUT2D eigenvalue weighted by molar-refractivity contribution is -0.127. The van der Waals surface area contributed by atoms with Crippen LogP contribution in [0.25, 0.3) is 0 Å². The van der Waals surface area contributed by atoms with Crippen LogP contribution in [0, 0.1) is 0 Å². The number of carbonyl (C=O) groups excluding carboxylic acids is 2. The van der Waals surface area contributed by atoms with E-state index in [9.17, 15) is 13.8 Å². The molecule has 0 saturated carbocycles. The molecule has 3 unspecified atom stereocenters. The number of amides is 2. The quantitative estimate of drug-likeness (QED) is 0.557. The number of carbonyl (C=O) groups is 2. The highest BCUT2D eigenvalue weighted by atomic mass is 32.2. The van der Waals surface area contributed by atoms with Crippen molar-refractivity contribution in [2.45, 2.75) is 25.1 Å². The van der Waals surface area contributed by atoms with Crippen LogP contribution in [0.15, 0.2) is 0 Å². The molecule has 0 aliphatic rings. The minimum absolute atomic E-state index is 0.109. The Kier molecular flexibility index (Phi) is 7.40. The second kappa shape index (κ2) is 7.67. The smallest absolute Gasteiger partial charge is 0.243 e. The van der Waals surface area contributed by atoms with Gasteiger partial charge >= 0.3 is 0 Å². The summed E-state index contributed by atoms with van der Waals surface area (Å²) >= 11 is 3.98. The molecule has 16 heavy (non-hydrogen) atoms. The molecule has 3 atom stereocenters. The van der Waals surface area contributed by atoms with Crippen LogP contribution in [0.1, 0.15) is 13.8 Å². The van der Waals surface area contributed by atoms with Crippen molar-refractivity contribution in [1.29, 1.82) is 0 Å². The Bertz CT molecular complexity index is 284. The number of hydrogen-bond acceptors (Lipinski definition) is 4. The number of hydrogen-bond donors (Lipinski definition) is 3. The highest BCUT2D eigenvalue weighted by molar-refractivity contribution is 7.84. The van der Waals surface area contributed by atoms with Crippen LogP contribution >= 0.6 is 12.6 Å². The molecule has 0 aromatic rings. The van der Waals surface area contributed by atoms with Crippen LogP contribution in [0.5, 0.6) is 0 Å². The number of nitrogens with one attached hydrogen (secondary N) is 2. The molecule has 0 heterocycles. The highest BCUT2D eigenvalue weighted by Crippen LogP contribution is 1.92. The van der Waals surface area contributed by atoms with Crippen LogP contribution in [-0.4, -0.2) is 45.9 Å². The molecule has 0 spiro atoms. The summed E-state index contributed by atoms with van der Waals surface area (Å²) < 4.78 is 11.0. The number of thiol groups is 1. The molecule has 94 valence electrons. The zero-order valence-corrected chi connectivity index (χ0v) is 11.4. The summed E-state index contributed by atoms with van der Waals surface area (Å²) in [7, 11) is -0.974. The largest absolute Gasteiger partial charge is 0.353 e. The van der Waals surface area contributed by atoms with E-state index in [0.717, 1.165) is 0 Å². The van der Waals surface area contributed by atoms with Gasteiger partial charge in [0, 0.05) is 41.5 Å². The zero-order chi connectivity index (χ0) is 12.7. The van der Waals surface area contributed by atoms with E-state index in [1.165, 1.54) is 6.92 Å². The lowest BCUT2D eigenvalue weighted by Gasteiger charge is -2.16. The highest BCUT2D eigenvalue weighted by Gasteiger charge is 2.18. The maximum Gasteiger partial charge on any atom is 0.243 e. The monoisotopic (exact) mass is 266 g/mol. The molecule has 7 heteroatoms. The van der Waals surface area contributed by atoms with Crippen molar-refractivity contribution in [2.24, 2.45) is 0 Å². The van der Waals surface area contributed by atoms with Crippen molar-refractivity contribution < 1.29 is 13.8 Å². The van der Waals surface area contributed by atoms with Gasteiger partial charge in [0.25, 0.3) is 0 Å². The van der Waals surface area contributed by atoms with Crippen molar-refractivity contribution >= 4 is 35.2 Å². The molecule has 0 aromatic carbocycles. The fourth-order valence-electron chi connectivity index (χ4n) is 0.924. The normalized spacial score (nSPS) is 16.0. The molecule has 0 fully saturated rings. The van der Waals surface area contributed by atoms with E-state index in [1.807, 2.05) is 0 Å². The van der Waals surface area contributed by atoms with E-state index in [0.29, 0.717) is 6.54 Å². The van der Waals surface area contributed by atoms with Crippen LogP contribution < -0.4 is 10.6 Å².